The smallest absolute Gasteiger partial charge is 0.333 e. The summed E-state index contributed by atoms with van der Waals surface area (Å²) in [5, 5.41) is 0. The first-order chi connectivity index (χ1) is 14.3. The summed E-state index contributed by atoms with van der Waals surface area (Å²) in [7, 11) is 4.36. The Kier molecular flexibility index (Phi) is 4.84. The summed E-state index contributed by atoms with van der Waals surface area (Å²) in [5.41, 5.74) is 0.312. The van der Waals surface area contributed by atoms with E-state index in [1.165, 1.54) is 18.7 Å². The van der Waals surface area contributed by atoms with Crippen LogP contribution in [-0.4, -0.2) is 45.4 Å². The number of aromatic nitrogens is 4. The summed E-state index contributed by atoms with van der Waals surface area (Å²) in [4.78, 5) is 44.2. The summed E-state index contributed by atoms with van der Waals surface area (Å²) in [6, 6.07) is 7.58. The Morgan fingerprint density at radius 3 is 2.50 bits per heavy atom. The minimum atomic E-state index is -0.667. The molecule has 1 aromatic carbocycles. The molecule has 0 bridgehead atoms. The van der Waals surface area contributed by atoms with Gasteiger partial charge in [0.1, 0.15) is 12.3 Å². The number of carbonyl (C=O) groups excluding carboxylic acids is 1. The number of ether oxygens (including phenoxy) is 2. The third-order valence-electron chi connectivity index (χ3n) is 5.34. The van der Waals surface area contributed by atoms with Gasteiger partial charge in [-0.15, -0.1) is 0 Å². The van der Waals surface area contributed by atoms with Crippen LogP contribution in [0.4, 0.5) is 11.6 Å². The monoisotopic (exact) mass is 413 g/mol. The van der Waals surface area contributed by atoms with E-state index in [9.17, 15) is 14.4 Å². The second kappa shape index (κ2) is 7.36. The fourth-order valence-corrected chi connectivity index (χ4v) is 3.82. The van der Waals surface area contributed by atoms with Crippen molar-refractivity contribution in [2.75, 3.05) is 25.7 Å². The number of hydrogen-bond acceptors (Lipinski definition) is 7. The number of aryl methyl sites for hydroxylation is 1. The molecule has 4 rings (SSSR count). The first kappa shape index (κ1) is 19.7. The van der Waals surface area contributed by atoms with Gasteiger partial charge in [-0.2, -0.15) is 4.98 Å². The first-order valence-corrected chi connectivity index (χ1v) is 9.54. The highest BCUT2D eigenvalue weighted by Crippen LogP contribution is 2.33. The molecule has 0 fully saturated rings. The predicted molar refractivity (Wildman–Crippen MR) is 110 cm³/mol. The SMILES string of the molecule is COC(=O)Cn1c(=O)c2c(nc3n2C[C@@H](C)CN3c2ccc(OC)cc2)n(C)c1=O. The molecule has 0 amide bonds. The van der Waals surface area contributed by atoms with Crippen molar-refractivity contribution in [1.82, 2.24) is 18.7 Å². The molecule has 0 unspecified atom stereocenters. The molecule has 10 heteroatoms. The maximum Gasteiger partial charge on any atom is 0.333 e. The predicted octanol–water partition coefficient (Wildman–Crippen LogP) is 0.866. The van der Waals surface area contributed by atoms with Gasteiger partial charge in [-0.25, -0.2) is 9.36 Å². The third-order valence-corrected chi connectivity index (χ3v) is 5.34. The van der Waals surface area contributed by atoms with Crippen molar-refractivity contribution in [2.24, 2.45) is 13.0 Å². The number of esters is 1. The average Bonchev–Trinajstić information content (AvgIpc) is 3.14. The van der Waals surface area contributed by atoms with Crippen molar-refractivity contribution in [2.45, 2.75) is 20.0 Å². The molecular weight excluding hydrogens is 390 g/mol. The highest BCUT2D eigenvalue weighted by atomic mass is 16.5. The van der Waals surface area contributed by atoms with Crippen LogP contribution in [-0.2, 0) is 29.7 Å². The number of benzene rings is 1. The molecule has 10 nitrogen and oxygen atoms in total. The molecule has 0 N–H and O–H groups in total. The fourth-order valence-electron chi connectivity index (χ4n) is 3.82. The quantitative estimate of drug-likeness (QED) is 0.585. The van der Waals surface area contributed by atoms with Crippen LogP contribution >= 0.6 is 0 Å². The van der Waals surface area contributed by atoms with Gasteiger partial charge >= 0.3 is 11.7 Å². The lowest BCUT2D eigenvalue weighted by Crippen LogP contribution is -2.42. The van der Waals surface area contributed by atoms with E-state index >= 15 is 0 Å². The summed E-state index contributed by atoms with van der Waals surface area (Å²) in [5.74, 6) is 0.879. The average molecular weight is 413 g/mol. The van der Waals surface area contributed by atoms with Crippen LogP contribution in [0.15, 0.2) is 33.9 Å². The molecule has 3 aromatic rings. The van der Waals surface area contributed by atoms with Crippen LogP contribution in [0.2, 0.25) is 0 Å². The molecule has 30 heavy (non-hydrogen) atoms. The maximum atomic E-state index is 13.2. The Labute approximate surface area is 171 Å². The highest BCUT2D eigenvalue weighted by Gasteiger charge is 2.30. The Hall–Kier alpha value is -3.56. The van der Waals surface area contributed by atoms with Crippen LogP contribution in [0.3, 0.4) is 0 Å². The van der Waals surface area contributed by atoms with Crippen molar-refractivity contribution in [1.29, 1.82) is 0 Å². The Morgan fingerprint density at radius 1 is 1.17 bits per heavy atom. The van der Waals surface area contributed by atoms with E-state index in [-0.39, 0.29) is 11.6 Å². The number of nitrogens with zero attached hydrogens (tertiary/aromatic N) is 5. The summed E-state index contributed by atoms with van der Waals surface area (Å²) in [6.07, 6.45) is 0. The Morgan fingerprint density at radius 2 is 1.87 bits per heavy atom. The largest absolute Gasteiger partial charge is 0.497 e. The van der Waals surface area contributed by atoms with Gasteiger partial charge in [0, 0.05) is 25.8 Å². The molecule has 0 saturated heterocycles. The summed E-state index contributed by atoms with van der Waals surface area (Å²) < 4.78 is 13.9. The topological polar surface area (TPSA) is 101 Å². The zero-order chi connectivity index (χ0) is 21.6. The maximum absolute atomic E-state index is 13.2. The van der Waals surface area contributed by atoms with Gasteiger partial charge in [-0.05, 0) is 30.2 Å². The van der Waals surface area contributed by atoms with Crippen molar-refractivity contribution in [3.63, 3.8) is 0 Å². The van der Waals surface area contributed by atoms with E-state index < -0.39 is 23.8 Å². The van der Waals surface area contributed by atoms with Gasteiger partial charge in [0.05, 0.1) is 14.2 Å². The van der Waals surface area contributed by atoms with E-state index in [0.717, 1.165) is 16.0 Å². The van der Waals surface area contributed by atoms with E-state index in [2.05, 4.69) is 16.6 Å². The van der Waals surface area contributed by atoms with Crippen molar-refractivity contribution >= 4 is 28.8 Å². The van der Waals surface area contributed by atoms with Gasteiger partial charge in [0.25, 0.3) is 5.56 Å². The van der Waals surface area contributed by atoms with Crippen molar-refractivity contribution in [3.05, 3.63) is 45.1 Å². The molecule has 0 aliphatic carbocycles. The van der Waals surface area contributed by atoms with Gasteiger partial charge in [-0.1, -0.05) is 6.92 Å². The van der Waals surface area contributed by atoms with Crippen LogP contribution in [0.1, 0.15) is 6.92 Å². The number of imidazole rings is 1. The van der Waals surface area contributed by atoms with Crippen molar-refractivity contribution in [3.8, 4) is 5.75 Å². The molecule has 1 atom stereocenters. The van der Waals surface area contributed by atoms with Gasteiger partial charge < -0.3 is 18.9 Å². The minimum Gasteiger partial charge on any atom is -0.497 e. The number of carbonyl (C=O) groups is 1. The van der Waals surface area contributed by atoms with E-state index in [0.29, 0.717) is 24.6 Å². The van der Waals surface area contributed by atoms with Gasteiger partial charge in [0.2, 0.25) is 5.95 Å². The second-order valence-corrected chi connectivity index (χ2v) is 7.42. The number of fused-ring (bicyclic) bond motifs is 3. The minimum absolute atomic E-state index is 0.225. The molecule has 158 valence electrons. The third kappa shape index (κ3) is 3.04. The fraction of sp³-hybridized carbons (Fsp3) is 0.400. The van der Waals surface area contributed by atoms with Crippen LogP contribution < -0.4 is 20.9 Å². The molecule has 1 aliphatic rings. The normalized spacial score (nSPS) is 15.9. The Balaban J connectivity index is 1.94. The number of anilines is 2. The standard InChI is InChI=1S/C20H23N5O5/c1-12-9-23(13-5-7-14(29-3)8-6-13)19-21-17-16(24(19)10-12)18(27)25(11-15(26)30-4)20(28)22(17)2/h5-8,12H,9-11H2,1-4H3/t12-/m0/s1. The molecular formula is C20H23N5O5. The molecule has 0 saturated carbocycles. The lowest BCUT2D eigenvalue weighted by atomic mass is 10.1. The second-order valence-electron chi connectivity index (χ2n) is 7.42. The lowest BCUT2D eigenvalue weighted by Gasteiger charge is -2.33. The number of rotatable bonds is 4. The molecule has 0 radical (unpaired) electrons. The Bertz CT molecular complexity index is 1240. The van der Waals surface area contributed by atoms with Crippen LogP contribution in [0, 0.1) is 5.92 Å². The van der Waals surface area contributed by atoms with Gasteiger partial charge in [-0.3, -0.25) is 14.2 Å². The van der Waals surface area contributed by atoms with Crippen molar-refractivity contribution < 1.29 is 14.3 Å². The molecule has 1 aliphatic heterocycles. The van der Waals surface area contributed by atoms with Gasteiger partial charge in [0.15, 0.2) is 11.2 Å². The number of hydrogen-bond donors (Lipinski definition) is 0. The summed E-state index contributed by atoms with van der Waals surface area (Å²) in [6.45, 7) is 2.92. The molecule has 2 aromatic heterocycles. The zero-order valence-corrected chi connectivity index (χ0v) is 17.3. The lowest BCUT2D eigenvalue weighted by molar-refractivity contribution is -0.141. The van der Waals surface area contributed by atoms with Crippen LogP contribution in [0.25, 0.3) is 11.2 Å². The van der Waals surface area contributed by atoms with E-state index in [1.54, 1.807) is 7.11 Å². The molecule has 3 heterocycles. The first-order valence-electron chi connectivity index (χ1n) is 9.54. The van der Waals surface area contributed by atoms with E-state index in [1.807, 2.05) is 33.7 Å². The van der Waals surface area contributed by atoms with E-state index in [4.69, 9.17) is 4.74 Å². The zero-order valence-electron chi connectivity index (χ0n) is 17.3. The highest BCUT2D eigenvalue weighted by molar-refractivity contribution is 5.77. The van der Waals surface area contributed by atoms with Crippen LogP contribution in [0.5, 0.6) is 5.75 Å². The summed E-state index contributed by atoms with van der Waals surface area (Å²) >= 11 is 0. The number of methoxy groups -OCH3 is 2. The molecule has 0 spiro atoms.